The maximum atomic E-state index is 12.7. The molecule has 1 saturated heterocycles. The van der Waals surface area contributed by atoms with E-state index in [-0.39, 0.29) is 18.2 Å². The van der Waals surface area contributed by atoms with Gasteiger partial charge in [0.1, 0.15) is 0 Å². The predicted octanol–water partition coefficient (Wildman–Crippen LogP) is 1.97. The Kier molecular flexibility index (Phi) is 6.38. The van der Waals surface area contributed by atoms with E-state index in [1.165, 1.54) is 5.56 Å². The van der Waals surface area contributed by atoms with Crippen molar-refractivity contribution >= 4 is 11.8 Å². The molecule has 140 valence electrons. The first-order chi connectivity index (χ1) is 12.2. The van der Waals surface area contributed by atoms with E-state index in [1.54, 1.807) is 23.6 Å². The number of piperazine rings is 1. The van der Waals surface area contributed by atoms with E-state index in [1.807, 2.05) is 38.4 Å². The highest BCUT2D eigenvalue weighted by Crippen LogP contribution is 2.21. The molecule has 0 radical (unpaired) electrons. The van der Waals surface area contributed by atoms with Gasteiger partial charge < -0.3 is 14.7 Å². The van der Waals surface area contributed by atoms with Crippen molar-refractivity contribution in [2.75, 3.05) is 40.3 Å². The van der Waals surface area contributed by atoms with Gasteiger partial charge >= 0.3 is 0 Å². The fourth-order valence-electron chi connectivity index (χ4n) is 2.99. The van der Waals surface area contributed by atoms with E-state index in [9.17, 15) is 9.59 Å². The molecule has 0 atom stereocenters. The average molecular weight is 356 g/mol. The van der Waals surface area contributed by atoms with Crippen LogP contribution in [-0.2, 0) is 11.3 Å². The average Bonchev–Trinajstić information content (AvgIpc) is 2.61. The zero-order valence-corrected chi connectivity index (χ0v) is 16.2. The normalized spacial score (nSPS) is 15.1. The first-order valence-corrected chi connectivity index (χ1v) is 8.94. The summed E-state index contributed by atoms with van der Waals surface area (Å²) in [4.78, 5) is 30.6. The van der Waals surface area contributed by atoms with Gasteiger partial charge in [-0.1, -0.05) is 12.1 Å². The second kappa shape index (κ2) is 8.33. The first-order valence-electron chi connectivity index (χ1n) is 8.94. The third kappa shape index (κ3) is 5.30. The molecule has 0 N–H and O–H groups in total. The molecule has 1 fully saturated rings. The molecule has 1 aliphatic rings. The van der Waals surface area contributed by atoms with Crippen LogP contribution in [0.3, 0.4) is 0 Å². The Labute approximate surface area is 156 Å². The molecule has 1 heterocycles. The maximum absolute atomic E-state index is 12.7. The molecular formula is C20H28N4O2. The van der Waals surface area contributed by atoms with Gasteiger partial charge in [0.25, 0.3) is 5.91 Å². The summed E-state index contributed by atoms with van der Waals surface area (Å²) in [5.41, 5.74) is 1.19. The molecule has 0 aliphatic carbocycles. The Morgan fingerprint density at radius 2 is 1.62 bits per heavy atom. The van der Waals surface area contributed by atoms with Gasteiger partial charge in [0.05, 0.1) is 11.5 Å². The third-order valence-electron chi connectivity index (χ3n) is 4.52. The van der Waals surface area contributed by atoms with Gasteiger partial charge in [-0.2, -0.15) is 5.26 Å². The molecule has 0 saturated carbocycles. The number of rotatable bonds is 5. The van der Waals surface area contributed by atoms with E-state index < -0.39 is 5.41 Å². The topological polar surface area (TPSA) is 67.7 Å². The number of carbonyl (C=O) groups excluding carboxylic acids is 2. The monoisotopic (exact) mass is 356 g/mol. The molecule has 6 nitrogen and oxygen atoms in total. The van der Waals surface area contributed by atoms with Crippen molar-refractivity contribution in [2.24, 2.45) is 5.41 Å². The summed E-state index contributed by atoms with van der Waals surface area (Å²) in [6.07, 6.45) is 0.213. The van der Waals surface area contributed by atoms with Crippen molar-refractivity contribution in [1.82, 2.24) is 14.7 Å². The Bertz CT molecular complexity index is 681. The summed E-state index contributed by atoms with van der Waals surface area (Å²) in [6.45, 7) is 6.47. The van der Waals surface area contributed by atoms with Crippen LogP contribution in [0.4, 0.5) is 0 Å². The van der Waals surface area contributed by atoms with Gasteiger partial charge in [-0.15, -0.1) is 0 Å². The Morgan fingerprint density at radius 1 is 1.08 bits per heavy atom. The fourth-order valence-corrected chi connectivity index (χ4v) is 2.99. The molecule has 1 aromatic carbocycles. The summed E-state index contributed by atoms with van der Waals surface area (Å²) < 4.78 is 0. The summed E-state index contributed by atoms with van der Waals surface area (Å²) >= 11 is 0. The maximum Gasteiger partial charge on any atom is 0.253 e. The minimum Gasteiger partial charge on any atom is -0.339 e. The number of nitrogens with zero attached hydrogens (tertiary/aromatic N) is 4. The van der Waals surface area contributed by atoms with Crippen LogP contribution >= 0.6 is 0 Å². The molecule has 1 aliphatic heterocycles. The summed E-state index contributed by atoms with van der Waals surface area (Å²) in [5, 5.41) is 9.07. The predicted molar refractivity (Wildman–Crippen MR) is 100 cm³/mol. The smallest absolute Gasteiger partial charge is 0.253 e. The van der Waals surface area contributed by atoms with E-state index >= 15 is 0 Å². The van der Waals surface area contributed by atoms with Gasteiger partial charge in [0, 0.05) is 44.7 Å². The molecule has 1 aromatic rings. The number of hydrogen-bond donors (Lipinski definition) is 0. The van der Waals surface area contributed by atoms with Gasteiger partial charge in [0.2, 0.25) is 5.91 Å². The molecule has 2 amide bonds. The molecular weight excluding hydrogens is 328 g/mol. The van der Waals surface area contributed by atoms with Crippen LogP contribution in [0.2, 0.25) is 0 Å². The van der Waals surface area contributed by atoms with Crippen LogP contribution in [0.5, 0.6) is 0 Å². The van der Waals surface area contributed by atoms with E-state index in [4.69, 9.17) is 5.26 Å². The summed E-state index contributed by atoms with van der Waals surface area (Å²) in [7, 11) is 4.02. The zero-order valence-electron chi connectivity index (χ0n) is 16.2. The lowest BCUT2D eigenvalue weighted by Gasteiger charge is -2.35. The standard InChI is InChI=1S/C20H28N4O2/c1-20(2,15-21)13-18(25)23-9-11-24(12-10-23)19(26)17-7-5-16(6-8-17)14-22(3)4/h5-8H,9-14H2,1-4H3. The lowest BCUT2D eigenvalue weighted by Crippen LogP contribution is -2.51. The number of benzene rings is 1. The van der Waals surface area contributed by atoms with E-state index in [0.29, 0.717) is 31.7 Å². The molecule has 6 heteroatoms. The van der Waals surface area contributed by atoms with Crippen molar-refractivity contribution in [2.45, 2.75) is 26.8 Å². The van der Waals surface area contributed by atoms with Crippen LogP contribution in [0, 0.1) is 16.7 Å². The number of hydrogen-bond acceptors (Lipinski definition) is 4. The Balaban J connectivity index is 1.90. The van der Waals surface area contributed by atoms with Crippen molar-refractivity contribution in [1.29, 1.82) is 5.26 Å². The zero-order chi connectivity index (χ0) is 19.3. The molecule has 0 unspecified atom stereocenters. The van der Waals surface area contributed by atoms with Gasteiger partial charge in [0.15, 0.2) is 0 Å². The number of carbonyl (C=O) groups is 2. The van der Waals surface area contributed by atoms with E-state index in [0.717, 1.165) is 6.54 Å². The molecule has 26 heavy (non-hydrogen) atoms. The van der Waals surface area contributed by atoms with Crippen molar-refractivity contribution < 1.29 is 9.59 Å². The highest BCUT2D eigenvalue weighted by molar-refractivity contribution is 5.94. The van der Waals surface area contributed by atoms with Crippen molar-refractivity contribution in [3.63, 3.8) is 0 Å². The largest absolute Gasteiger partial charge is 0.339 e. The van der Waals surface area contributed by atoms with Crippen LogP contribution < -0.4 is 0 Å². The molecule has 0 aromatic heterocycles. The minimum atomic E-state index is -0.654. The summed E-state index contributed by atoms with van der Waals surface area (Å²) in [6, 6.07) is 9.87. The lowest BCUT2D eigenvalue weighted by atomic mass is 9.90. The fraction of sp³-hybridized carbons (Fsp3) is 0.550. The van der Waals surface area contributed by atoms with Crippen molar-refractivity contribution in [3.05, 3.63) is 35.4 Å². The van der Waals surface area contributed by atoms with Crippen molar-refractivity contribution in [3.8, 4) is 6.07 Å². The van der Waals surface area contributed by atoms with Gasteiger partial charge in [-0.05, 0) is 45.6 Å². The lowest BCUT2D eigenvalue weighted by molar-refractivity contribution is -0.134. The number of amides is 2. The SMILES string of the molecule is CN(C)Cc1ccc(C(=O)N2CCN(C(=O)CC(C)(C)C#N)CC2)cc1. The summed E-state index contributed by atoms with van der Waals surface area (Å²) in [5.74, 6) is -0.0115. The third-order valence-corrected chi connectivity index (χ3v) is 4.52. The van der Waals surface area contributed by atoms with E-state index in [2.05, 4.69) is 11.0 Å². The van der Waals surface area contributed by atoms with Crippen LogP contribution in [0.1, 0.15) is 36.2 Å². The van der Waals surface area contributed by atoms with Gasteiger partial charge in [-0.3, -0.25) is 9.59 Å². The highest BCUT2D eigenvalue weighted by Gasteiger charge is 2.28. The number of nitriles is 1. The molecule has 0 spiro atoms. The van der Waals surface area contributed by atoms with Crippen LogP contribution in [0.25, 0.3) is 0 Å². The Hall–Kier alpha value is -2.39. The first kappa shape index (κ1) is 19.9. The van der Waals surface area contributed by atoms with Crippen LogP contribution in [0.15, 0.2) is 24.3 Å². The minimum absolute atomic E-state index is 0.00542. The second-order valence-electron chi connectivity index (χ2n) is 7.78. The molecule has 2 rings (SSSR count). The highest BCUT2D eigenvalue weighted by atomic mass is 16.2. The Morgan fingerprint density at radius 3 is 2.12 bits per heavy atom. The molecule has 0 bridgehead atoms. The van der Waals surface area contributed by atoms with Gasteiger partial charge in [-0.25, -0.2) is 0 Å². The quantitative estimate of drug-likeness (QED) is 0.809. The second-order valence-corrected chi connectivity index (χ2v) is 7.78. The van der Waals surface area contributed by atoms with Crippen LogP contribution in [-0.4, -0.2) is 66.8 Å².